The molecule has 0 aromatic carbocycles. The van der Waals surface area contributed by atoms with E-state index in [0.29, 0.717) is 19.5 Å². The molecule has 0 atom stereocenters. The molecule has 3 amide bonds. The van der Waals surface area contributed by atoms with Crippen LogP contribution >= 0.6 is 15.9 Å². The van der Waals surface area contributed by atoms with Crippen molar-refractivity contribution in [1.82, 2.24) is 10.6 Å². The number of rotatable bonds is 7. The number of carbonyl (C=O) groups is 2. The second-order valence-corrected chi connectivity index (χ2v) is 3.58. The number of nitrogens with two attached hydrogens (primary N) is 1. The van der Waals surface area contributed by atoms with E-state index in [0.717, 1.165) is 18.2 Å². The SMILES string of the molecule is NC(=O)NCCNC(=O)CCCCBr. The summed E-state index contributed by atoms with van der Waals surface area (Å²) in [7, 11) is 0. The molecule has 4 N–H and O–H groups in total. The highest BCUT2D eigenvalue weighted by molar-refractivity contribution is 9.09. The van der Waals surface area contributed by atoms with Gasteiger partial charge >= 0.3 is 6.03 Å². The van der Waals surface area contributed by atoms with Gasteiger partial charge in [-0.25, -0.2) is 4.79 Å². The maximum Gasteiger partial charge on any atom is 0.312 e. The minimum atomic E-state index is -0.571. The zero-order chi connectivity index (χ0) is 10.8. The number of amides is 3. The van der Waals surface area contributed by atoms with Gasteiger partial charge in [0, 0.05) is 24.8 Å². The van der Waals surface area contributed by atoms with E-state index in [1.807, 2.05) is 0 Å². The number of halogens is 1. The number of primary amides is 1. The van der Waals surface area contributed by atoms with Gasteiger partial charge in [-0.15, -0.1) is 0 Å². The largest absolute Gasteiger partial charge is 0.354 e. The van der Waals surface area contributed by atoms with Gasteiger partial charge in [-0.3, -0.25) is 4.79 Å². The van der Waals surface area contributed by atoms with Crippen LogP contribution in [0.3, 0.4) is 0 Å². The van der Waals surface area contributed by atoms with Crippen molar-refractivity contribution in [2.75, 3.05) is 18.4 Å². The Kier molecular flexibility index (Phi) is 8.31. The summed E-state index contributed by atoms with van der Waals surface area (Å²) in [4.78, 5) is 21.3. The molecule has 0 spiro atoms. The fourth-order valence-corrected chi connectivity index (χ4v) is 1.25. The average molecular weight is 266 g/mol. The van der Waals surface area contributed by atoms with Crippen LogP contribution in [0, 0.1) is 0 Å². The van der Waals surface area contributed by atoms with Gasteiger partial charge in [0.2, 0.25) is 5.91 Å². The van der Waals surface area contributed by atoms with Crippen molar-refractivity contribution in [3.8, 4) is 0 Å². The Morgan fingerprint density at radius 3 is 2.36 bits per heavy atom. The first kappa shape index (κ1) is 13.2. The third-order valence-corrected chi connectivity index (χ3v) is 2.09. The highest BCUT2D eigenvalue weighted by Crippen LogP contribution is 1.97. The predicted molar refractivity (Wildman–Crippen MR) is 58.2 cm³/mol. The first-order valence-corrected chi connectivity index (χ1v) is 5.65. The fraction of sp³-hybridized carbons (Fsp3) is 0.750. The molecule has 0 aliphatic carbocycles. The summed E-state index contributed by atoms with van der Waals surface area (Å²) in [5.74, 6) is 0.0113. The van der Waals surface area contributed by atoms with E-state index >= 15 is 0 Å². The van der Waals surface area contributed by atoms with Crippen molar-refractivity contribution in [2.24, 2.45) is 5.73 Å². The lowest BCUT2D eigenvalue weighted by molar-refractivity contribution is -0.121. The first-order chi connectivity index (χ1) is 6.66. The Bertz CT molecular complexity index is 187. The van der Waals surface area contributed by atoms with E-state index in [1.54, 1.807) is 0 Å². The normalized spacial score (nSPS) is 9.50. The maximum absolute atomic E-state index is 11.1. The van der Waals surface area contributed by atoms with Crippen molar-refractivity contribution in [2.45, 2.75) is 19.3 Å². The van der Waals surface area contributed by atoms with E-state index in [2.05, 4.69) is 26.6 Å². The molecule has 0 fully saturated rings. The van der Waals surface area contributed by atoms with Crippen LogP contribution in [0.1, 0.15) is 19.3 Å². The number of hydrogen-bond donors (Lipinski definition) is 3. The standard InChI is InChI=1S/C8H16BrN3O2/c9-4-2-1-3-7(13)11-5-6-12-8(10)14/h1-6H2,(H,11,13)(H3,10,12,14). The van der Waals surface area contributed by atoms with Gasteiger partial charge in [0.1, 0.15) is 0 Å². The molecular weight excluding hydrogens is 250 g/mol. The van der Waals surface area contributed by atoms with E-state index in [-0.39, 0.29) is 5.91 Å². The molecule has 0 aromatic rings. The summed E-state index contributed by atoms with van der Waals surface area (Å²) in [5.41, 5.74) is 4.84. The van der Waals surface area contributed by atoms with Gasteiger partial charge < -0.3 is 16.4 Å². The van der Waals surface area contributed by atoms with Crippen molar-refractivity contribution >= 4 is 27.9 Å². The second kappa shape index (κ2) is 8.80. The molecule has 0 radical (unpaired) electrons. The molecule has 0 saturated heterocycles. The molecular formula is C8H16BrN3O2. The van der Waals surface area contributed by atoms with Crippen LogP contribution in [0.5, 0.6) is 0 Å². The smallest absolute Gasteiger partial charge is 0.312 e. The molecule has 0 unspecified atom stereocenters. The summed E-state index contributed by atoms with van der Waals surface area (Å²) in [5, 5.41) is 5.98. The molecule has 0 bridgehead atoms. The monoisotopic (exact) mass is 265 g/mol. The van der Waals surface area contributed by atoms with Gasteiger partial charge in [0.25, 0.3) is 0 Å². The van der Waals surface area contributed by atoms with Gasteiger partial charge in [-0.2, -0.15) is 0 Å². The number of urea groups is 1. The third kappa shape index (κ3) is 9.31. The van der Waals surface area contributed by atoms with Crippen molar-refractivity contribution in [3.63, 3.8) is 0 Å². The van der Waals surface area contributed by atoms with Crippen LogP contribution in [0.4, 0.5) is 4.79 Å². The molecule has 0 rings (SSSR count). The summed E-state index contributed by atoms with van der Waals surface area (Å²) in [6.45, 7) is 0.801. The molecule has 0 aliphatic heterocycles. The lowest BCUT2D eigenvalue weighted by Crippen LogP contribution is -2.37. The van der Waals surface area contributed by atoms with Crippen LogP contribution in [-0.4, -0.2) is 30.4 Å². The molecule has 14 heavy (non-hydrogen) atoms. The molecule has 82 valence electrons. The Morgan fingerprint density at radius 1 is 1.14 bits per heavy atom. The minimum Gasteiger partial charge on any atom is -0.354 e. The van der Waals surface area contributed by atoms with Crippen LogP contribution in [-0.2, 0) is 4.79 Å². The van der Waals surface area contributed by atoms with Crippen LogP contribution in [0.2, 0.25) is 0 Å². The van der Waals surface area contributed by atoms with E-state index in [4.69, 9.17) is 5.73 Å². The summed E-state index contributed by atoms with van der Waals surface area (Å²) in [6.07, 6.45) is 2.40. The molecule has 0 aliphatic rings. The highest BCUT2D eigenvalue weighted by atomic mass is 79.9. The number of unbranched alkanes of at least 4 members (excludes halogenated alkanes) is 1. The summed E-state index contributed by atoms with van der Waals surface area (Å²) >= 11 is 3.29. The highest BCUT2D eigenvalue weighted by Gasteiger charge is 1.99. The quantitative estimate of drug-likeness (QED) is 0.458. The van der Waals surface area contributed by atoms with E-state index in [1.165, 1.54) is 0 Å². The number of nitrogens with one attached hydrogen (secondary N) is 2. The Labute approximate surface area is 91.9 Å². The van der Waals surface area contributed by atoms with Gasteiger partial charge in [-0.1, -0.05) is 15.9 Å². The molecule has 0 aromatic heterocycles. The number of carbonyl (C=O) groups excluding carboxylic acids is 2. The third-order valence-electron chi connectivity index (χ3n) is 1.53. The summed E-state index contributed by atoms with van der Waals surface area (Å²) in [6, 6.07) is -0.571. The van der Waals surface area contributed by atoms with Crippen molar-refractivity contribution in [1.29, 1.82) is 0 Å². The Balaban J connectivity index is 3.22. The van der Waals surface area contributed by atoms with Gasteiger partial charge in [0.05, 0.1) is 0 Å². The predicted octanol–water partition coefficient (Wildman–Crippen LogP) is 0.336. The van der Waals surface area contributed by atoms with Gasteiger partial charge in [-0.05, 0) is 12.8 Å². The van der Waals surface area contributed by atoms with Gasteiger partial charge in [0.15, 0.2) is 0 Å². The Morgan fingerprint density at radius 2 is 1.79 bits per heavy atom. The maximum atomic E-state index is 11.1. The fourth-order valence-electron chi connectivity index (χ4n) is 0.856. The number of hydrogen-bond acceptors (Lipinski definition) is 2. The topological polar surface area (TPSA) is 84.2 Å². The summed E-state index contributed by atoms with van der Waals surface area (Å²) < 4.78 is 0. The lowest BCUT2D eigenvalue weighted by atomic mass is 10.2. The molecule has 0 heterocycles. The Hall–Kier alpha value is -0.780. The molecule has 6 heteroatoms. The van der Waals surface area contributed by atoms with E-state index < -0.39 is 6.03 Å². The van der Waals surface area contributed by atoms with Crippen LogP contribution in [0.15, 0.2) is 0 Å². The molecule has 0 saturated carbocycles. The zero-order valence-electron chi connectivity index (χ0n) is 8.01. The first-order valence-electron chi connectivity index (χ1n) is 4.52. The van der Waals surface area contributed by atoms with Crippen molar-refractivity contribution < 1.29 is 9.59 Å². The lowest BCUT2D eigenvalue weighted by Gasteiger charge is -2.04. The molecule has 5 nitrogen and oxygen atoms in total. The average Bonchev–Trinajstić information content (AvgIpc) is 2.13. The van der Waals surface area contributed by atoms with Crippen molar-refractivity contribution in [3.05, 3.63) is 0 Å². The van der Waals surface area contributed by atoms with E-state index in [9.17, 15) is 9.59 Å². The zero-order valence-corrected chi connectivity index (χ0v) is 9.60. The second-order valence-electron chi connectivity index (χ2n) is 2.79. The van der Waals surface area contributed by atoms with Crippen LogP contribution in [0.25, 0.3) is 0 Å². The number of alkyl halides is 1. The minimum absolute atomic E-state index is 0.0113. The van der Waals surface area contributed by atoms with Crippen LogP contribution < -0.4 is 16.4 Å².